The van der Waals surface area contributed by atoms with Crippen LogP contribution in [0.25, 0.3) is 10.1 Å². The number of carbonyl (C=O) groups excluding carboxylic acids is 1. The summed E-state index contributed by atoms with van der Waals surface area (Å²) in [6.45, 7) is 2.14. The minimum atomic E-state index is -3.80. The summed E-state index contributed by atoms with van der Waals surface area (Å²) in [5.41, 5.74) is 0. The van der Waals surface area contributed by atoms with E-state index in [9.17, 15) is 13.2 Å². The molecular formula is C16H20N2O4S2. The molecule has 1 fully saturated rings. The smallest absolute Gasteiger partial charge is 0.349 e. The molecule has 6 nitrogen and oxygen atoms in total. The SMILES string of the molecule is COC(=O)c1sc2ccccc2c1S(=O)(=O)NCC1CCCNC1. The summed E-state index contributed by atoms with van der Waals surface area (Å²) in [6, 6.07) is 7.10. The van der Waals surface area contributed by atoms with Crippen LogP contribution in [-0.2, 0) is 14.8 Å². The van der Waals surface area contributed by atoms with Gasteiger partial charge in [-0.2, -0.15) is 0 Å². The number of hydrogen-bond acceptors (Lipinski definition) is 6. The van der Waals surface area contributed by atoms with E-state index >= 15 is 0 Å². The highest BCUT2D eigenvalue weighted by Gasteiger charge is 2.29. The number of carbonyl (C=O) groups is 1. The largest absolute Gasteiger partial charge is 0.465 e. The molecule has 0 aliphatic carbocycles. The molecule has 3 rings (SSSR count). The van der Waals surface area contributed by atoms with E-state index in [0.717, 1.165) is 42.0 Å². The molecule has 1 atom stereocenters. The first-order valence-electron chi connectivity index (χ1n) is 7.83. The van der Waals surface area contributed by atoms with Crippen LogP contribution in [-0.4, -0.2) is 41.1 Å². The van der Waals surface area contributed by atoms with Crippen LogP contribution in [0.2, 0.25) is 0 Å². The van der Waals surface area contributed by atoms with E-state index in [-0.39, 0.29) is 15.7 Å². The van der Waals surface area contributed by atoms with E-state index in [1.165, 1.54) is 7.11 Å². The summed E-state index contributed by atoms with van der Waals surface area (Å²) in [4.78, 5) is 12.2. The number of benzene rings is 1. The number of hydrogen-bond donors (Lipinski definition) is 2. The second-order valence-corrected chi connectivity index (χ2v) is 8.57. The molecule has 1 aliphatic heterocycles. The minimum Gasteiger partial charge on any atom is -0.465 e. The molecule has 2 aromatic rings. The Kier molecular flexibility index (Phi) is 5.19. The fourth-order valence-corrected chi connectivity index (χ4v) is 5.84. The maximum absolute atomic E-state index is 12.9. The Morgan fingerprint density at radius 1 is 1.42 bits per heavy atom. The van der Waals surface area contributed by atoms with Crippen molar-refractivity contribution in [3.63, 3.8) is 0 Å². The van der Waals surface area contributed by atoms with Crippen molar-refractivity contribution in [2.24, 2.45) is 5.92 Å². The lowest BCUT2D eigenvalue weighted by atomic mass is 10.0. The number of rotatable bonds is 5. The molecule has 8 heteroatoms. The van der Waals surface area contributed by atoms with E-state index in [2.05, 4.69) is 10.0 Å². The van der Waals surface area contributed by atoms with Crippen molar-refractivity contribution >= 4 is 37.4 Å². The van der Waals surface area contributed by atoms with Gasteiger partial charge in [0.25, 0.3) is 0 Å². The zero-order valence-electron chi connectivity index (χ0n) is 13.4. The minimum absolute atomic E-state index is 0.0266. The summed E-state index contributed by atoms with van der Waals surface area (Å²) in [7, 11) is -2.54. The second kappa shape index (κ2) is 7.18. The normalized spacial score (nSPS) is 18.6. The van der Waals surface area contributed by atoms with Gasteiger partial charge in [-0.15, -0.1) is 11.3 Å². The lowest BCUT2D eigenvalue weighted by Gasteiger charge is -2.22. The summed E-state index contributed by atoms with van der Waals surface area (Å²) >= 11 is 1.14. The van der Waals surface area contributed by atoms with E-state index in [0.29, 0.717) is 11.9 Å². The van der Waals surface area contributed by atoms with Crippen LogP contribution in [0.4, 0.5) is 0 Å². The molecule has 2 heterocycles. The van der Waals surface area contributed by atoms with Crippen LogP contribution < -0.4 is 10.0 Å². The monoisotopic (exact) mass is 368 g/mol. The Hall–Kier alpha value is -1.48. The highest BCUT2D eigenvalue weighted by molar-refractivity contribution is 7.90. The molecular weight excluding hydrogens is 348 g/mol. The fourth-order valence-electron chi connectivity index (χ4n) is 2.91. The molecule has 0 saturated carbocycles. The highest BCUT2D eigenvalue weighted by atomic mass is 32.2. The van der Waals surface area contributed by atoms with Gasteiger partial charge >= 0.3 is 5.97 Å². The van der Waals surface area contributed by atoms with Gasteiger partial charge in [0.2, 0.25) is 10.0 Å². The Morgan fingerprint density at radius 2 is 2.21 bits per heavy atom. The van der Waals surface area contributed by atoms with E-state index in [4.69, 9.17) is 4.74 Å². The average molecular weight is 368 g/mol. The van der Waals surface area contributed by atoms with Crippen LogP contribution in [0.3, 0.4) is 0 Å². The predicted molar refractivity (Wildman–Crippen MR) is 93.9 cm³/mol. The van der Waals surface area contributed by atoms with Crippen LogP contribution in [0, 0.1) is 5.92 Å². The molecule has 1 aromatic carbocycles. The van der Waals surface area contributed by atoms with Crippen molar-refractivity contribution < 1.29 is 17.9 Å². The zero-order valence-corrected chi connectivity index (χ0v) is 15.0. The molecule has 0 amide bonds. The van der Waals surface area contributed by atoms with E-state index in [1.54, 1.807) is 18.2 Å². The lowest BCUT2D eigenvalue weighted by Crippen LogP contribution is -2.38. The lowest BCUT2D eigenvalue weighted by molar-refractivity contribution is 0.0602. The van der Waals surface area contributed by atoms with Gasteiger partial charge in [-0.3, -0.25) is 0 Å². The van der Waals surface area contributed by atoms with Gasteiger partial charge < -0.3 is 10.1 Å². The maximum Gasteiger partial charge on any atom is 0.349 e. The molecule has 1 aliphatic rings. The number of methoxy groups -OCH3 is 1. The Morgan fingerprint density at radius 3 is 2.92 bits per heavy atom. The third kappa shape index (κ3) is 3.46. The number of sulfonamides is 1. The van der Waals surface area contributed by atoms with E-state index in [1.807, 2.05) is 6.07 Å². The van der Waals surface area contributed by atoms with Crippen molar-refractivity contribution in [2.75, 3.05) is 26.7 Å². The molecule has 0 spiro atoms. The molecule has 2 N–H and O–H groups in total. The molecule has 24 heavy (non-hydrogen) atoms. The van der Waals surface area contributed by atoms with Gasteiger partial charge in [0.15, 0.2) is 0 Å². The predicted octanol–water partition coefficient (Wildman–Crippen LogP) is 1.97. The number of ether oxygens (including phenoxy) is 1. The Balaban J connectivity index is 1.95. The number of thiophene rings is 1. The summed E-state index contributed by atoms with van der Waals surface area (Å²) in [6.07, 6.45) is 2.03. The molecule has 1 unspecified atom stereocenters. The summed E-state index contributed by atoms with van der Waals surface area (Å²) in [5, 5.41) is 3.82. The van der Waals surface area contributed by atoms with Crippen molar-refractivity contribution in [2.45, 2.75) is 17.7 Å². The number of fused-ring (bicyclic) bond motifs is 1. The quantitative estimate of drug-likeness (QED) is 0.788. The second-order valence-electron chi connectivity index (χ2n) is 5.81. The fraction of sp³-hybridized carbons (Fsp3) is 0.438. The molecule has 1 aromatic heterocycles. The van der Waals surface area contributed by atoms with Gasteiger partial charge in [0.1, 0.15) is 9.77 Å². The topological polar surface area (TPSA) is 84.5 Å². The van der Waals surface area contributed by atoms with Crippen LogP contribution in [0.1, 0.15) is 22.5 Å². The molecule has 0 radical (unpaired) electrons. The first kappa shape index (κ1) is 17.3. The van der Waals surface area contributed by atoms with Gasteiger partial charge in [-0.05, 0) is 37.9 Å². The molecule has 1 saturated heterocycles. The summed E-state index contributed by atoms with van der Waals surface area (Å²) < 4.78 is 33.9. The van der Waals surface area contributed by atoms with E-state index < -0.39 is 16.0 Å². The third-order valence-corrected chi connectivity index (χ3v) is 6.94. The Labute approximate surface area is 145 Å². The first-order valence-corrected chi connectivity index (χ1v) is 10.1. The Bertz CT molecular complexity index is 839. The van der Waals surface area contributed by atoms with Gasteiger partial charge in [-0.1, -0.05) is 18.2 Å². The van der Waals surface area contributed by atoms with Crippen molar-refractivity contribution in [3.05, 3.63) is 29.1 Å². The van der Waals surface area contributed by atoms with Crippen LogP contribution in [0.15, 0.2) is 29.2 Å². The first-order chi connectivity index (χ1) is 11.5. The standard InChI is InChI=1S/C16H20N2O4S2/c1-22-16(19)14-15(12-6-2-3-7-13(12)23-14)24(20,21)18-10-11-5-4-8-17-9-11/h2-3,6-7,11,17-18H,4-5,8-10H2,1H3. The van der Waals surface area contributed by atoms with Gasteiger partial charge in [0.05, 0.1) is 7.11 Å². The maximum atomic E-state index is 12.9. The van der Waals surface area contributed by atoms with Gasteiger partial charge in [-0.25, -0.2) is 17.9 Å². The summed E-state index contributed by atoms with van der Waals surface area (Å²) in [5.74, 6) is -0.365. The third-order valence-electron chi connectivity index (χ3n) is 4.15. The van der Waals surface area contributed by atoms with Gasteiger partial charge in [0, 0.05) is 16.6 Å². The number of nitrogens with one attached hydrogen (secondary N) is 2. The van der Waals surface area contributed by atoms with Crippen LogP contribution >= 0.6 is 11.3 Å². The van der Waals surface area contributed by atoms with Crippen LogP contribution in [0.5, 0.6) is 0 Å². The van der Waals surface area contributed by atoms with Crippen molar-refractivity contribution in [1.82, 2.24) is 10.0 Å². The molecule has 0 bridgehead atoms. The number of piperidine rings is 1. The molecule has 130 valence electrons. The highest BCUT2D eigenvalue weighted by Crippen LogP contribution is 2.35. The average Bonchev–Trinajstić information content (AvgIpc) is 3.00. The van der Waals surface area contributed by atoms with Crippen molar-refractivity contribution in [3.8, 4) is 0 Å². The zero-order chi connectivity index (χ0) is 17.2. The number of esters is 1. The van der Waals surface area contributed by atoms with Crippen molar-refractivity contribution in [1.29, 1.82) is 0 Å².